The summed E-state index contributed by atoms with van der Waals surface area (Å²) < 4.78 is 1.81. The Hall–Kier alpha value is -3.59. The van der Waals surface area contributed by atoms with Gasteiger partial charge in [-0.2, -0.15) is 10.4 Å². The molecule has 0 radical (unpaired) electrons. The number of amides is 2. The molecular weight excluding hydrogens is 326 g/mol. The molecular formula is C20H19N5O. The Labute approximate surface area is 152 Å². The molecule has 0 saturated carbocycles. The highest BCUT2D eigenvalue weighted by Gasteiger charge is 2.15. The van der Waals surface area contributed by atoms with Gasteiger partial charge in [0.25, 0.3) is 0 Å². The number of hydrogen-bond acceptors (Lipinski definition) is 3. The molecule has 0 aliphatic rings. The topological polar surface area (TPSA) is 82.7 Å². The lowest BCUT2D eigenvalue weighted by Crippen LogP contribution is -2.28. The summed E-state index contributed by atoms with van der Waals surface area (Å²) in [6, 6.07) is 18.7. The molecule has 0 unspecified atom stereocenters. The average molecular weight is 345 g/mol. The van der Waals surface area contributed by atoms with Crippen LogP contribution in [0.2, 0.25) is 0 Å². The van der Waals surface area contributed by atoms with Crippen LogP contribution in [0.25, 0.3) is 5.69 Å². The van der Waals surface area contributed by atoms with Gasteiger partial charge in [-0.3, -0.25) is 0 Å². The highest BCUT2D eigenvalue weighted by atomic mass is 16.2. The van der Waals surface area contributed by atoms with Crippen molar-refractivity contribution >= 4 is 11.7 Å². The number of rotatable bonds is 4. The van der Waals surface area contributed by atoms with Crippen LogP contribution < -0.4 is 10.6 Å². The lowest BCUT2D eigenvalue weighted by atomic mass is 10.1. The van der Waals surface area contributed by atoms with Gasteiger partial charge < -0.3 is 10.6 Å². The second kappa shape index (κ2) is 7.53. The number of nitriles is 1. The summed E-state index contributed by atoms with van der Waals surface area (Å²) in [6.45, 7) is 4.11. The lowest BCUT2D eigenvalue weighted by molar-refractivity contribution is 0.251. The Morgan fingerprint density at radius 2 is 1.92 bits per heavy atom. The van der Waals surface area contributed by atoms with Crippen molar-refractivity contribution in [2.24, 2.45) is 0 Å². The monoisotopic (exact) mass is 345 g/mol. The quantitative estimate of drug-likeness (QED) is 0.756. The molecule has 1 heterocycles. The third-order valence-corrected chi connectivity index (χ3v) is 4.04. The van der Waals surface area contributed by atoms with Crippen LogP contribution in [-0.4, -0.2) is 15.8 Å². The first-order valence-corrected chi connectivity index (χ1v) is 8.24. The number of carbonyl (C=O) groups excluding carboxylic acids is 1. The number of nitrogens with zero attached hydrogens (tertiary/aromatic N) is 3. The van der Waals surface area contributed by atoms with Gasteiger partial charge in [0.15, 0.2) is 0 Å². The number of nitrogens with one attached hydrogen (secondary N) is 2. The van der Waals surface area contributed by atoms with Crippen molar-refractivity contribution in [2.75, 3.05) is 5.32 Å². The summed E-state index contributed by atoms with van der Waals surface area (Å²) in [5.74, 6) is 0. The first-order valence-electron chi connectivity index (χ1n) is 8.24. The Morgan fingerprint density at radius 1 is 1.15 bits per heavy atom. The second-order valence-electron chi connectivity index (χ2n) is 5.91. The van der Waals surface area contributed by atoms with Crippen molar-refractivity contribution in [1.82, 2.24) is 15.1 Å². The molecule has 2 amide bonds. The maximum Gasteiger partial charge on any atom is 0.319 e. The molecule has 0 spiro atoms. The van der Waals surface area contributed by atoms with E-state index < -0.39 is 0 Å². The predicted molar refractivity (Wildman–Crippen MR) is 100 cm³/mol. The van der Waals surface area contributed by atoms with E-state index in [0.717, 1.165) is 22.6 Å². The van der Waals surface area contributed by atoms with Gasteiger partial charge in [-0.1, -0.05) is 30.3 Å². The van der Waals surface area contributed by atoms with Crippen molar-refractivity contribution in [3.05, 3.63) is 77.1 Å². The van der Waals surface area contributed by atoms with Gasteiger partial charge in [0.1, 0.15) is 0 Å². The van der Waals surface area contributed by atoms with Gasteiger partial charge in [-0.25, -0.2) is 9.48 Å². The van der Waals surface area contributed by atoms with Crippen molar-refractivity contribution < 1.29 is 4.79 Å². The van der Waals surface area contributed by atoms with Crippen LogP contribution >= 0.6 is 0 Å². The molecule has 6 heteroatoms. The van der Waals surface area contributed by atoms with Crippen LogP contribution in [0, 0.1) is 25.2 Å². The Morgan fingerprint density at radius 3 is 2.65 bits per heavy atom. The van der Waals surface area contributed by atoms with Gasteiger partial charge in [0.05, 0.1) is 34.4 Å². The van der Waals surface area contributed by atoms with Crippen molar-refractivity contribution in [2.45, 2.75) is 20.4 Å². The van der Waals surface area contributed by atoms with Crippen LogP contribution in [-0.2, 0) is 6.54 Å². The minimum absolute atomic E-state index is 0.314. The van der Waals surface area contributed by atoms with Gasteiger partial charge in [-0.15, -0.1) is 0 Å². The molecule has 1 aromatic heterocycles. The van der Waals surface area contributed by atoms with E-state index in [4.69, 9.17) is 5.26 Å². The molecule has 0 saturated heterocycles. The number of benzene rings is 2. The number of carbonyl (C=O) groups is 1. The van der Waals surface area contributed by atoms with Crippen LogP contribution in [0.5, 0.6) is 0 Å². The second-order valence-corrected chi connectivity index (χ2v) is 5.91. The summed E-state index contributed by atoms with van der Waals surface area (Å²) in [4.78, 5) is 12.3. The first-order chi connectivity index (χ1) is 12.6. The molecule has 6 nitrogen and oxygen atoms in total. The minimum atomic E-state index is -0.314. The fraction of sp³-hybridized carbons (Fsp3) is 0.150. The molecule has 3 rings (SSSR count). The first kappa shape index (κ1) is 17.2. The number of aryl methyl sites for hydroxylation is 1. The molecule has 0 atom stereocenters. The maximum atomic E-state index is 12.3. The van der Waals surface area contributed by atoms with E-state index in [-0.39, 0.29) is 6.03 Å². The zero-order valence-electron chi connectivity index (χ0n) is 14.7. The van der Waals surface area contributed by atoms with E-state index in [2.05, 4.69) is 21.8 Å². The third-order valence-electron chi connectivity index (χ3n) is 4.04. The molecule has 0 aliphatic carbocycles. The van der Waals surface area contributed by atoms with E-state index in [0.29, 0.717) is 17.8 Å². The van der Waals surface area contributed by atoms with Crippen molar-refractivity contribution in [3.63, 3.8) is 0 Å². The highest BCUT2D eigenvalue weighted by molar-refractivity contribution is 5.90. The normalized spacial score (nSPS) is 10.2. The van der Waals surface area contributed by atoms with Crippen molar-refractivity contribution in [1.29, 1.82) is 5.26 Å². The summed E-state index contributed by atoms with van der Waals surface area (Å²) in [5, 5.41) is 19.1. The predicted octanol–water partition coefficient (Wildman–Crippen LogP) is 3.68. The number of hydrogen-bond donors (Lipinski definition) is 2. The molecule has 0 aliphatic heterocycles. The van der Waals surface area contributed by atoms with Gasteiger partial charge in [0.2, 0.25) is 0 Å². The fourth-order valence-electron chi connectivity index (χ4n) is 2.74. The highest BCUT2D eigenvalue weighted by Crippen LogP contribution is 2.22. The summed E-state index contributed by atoms with van der Waals surface area (Å²) in [7, 11) is 0. The molecule has 2 N–H and O–H groups in total. The number of urea groups is 1. The Kier molecular flexibility index (Phi) is 4.99. The van der Waals surface area contributed by atoms with E-state index in [9.17, 15) is 4.79 Å². The number of aromatic nitrogens is 2. The fourth-order valence-corrected chi connectivity index (χ4v) is 2.74. The summed E-state index contributed by atoms with van der Waals surface area (Å²) >= 11 is 0. The van der Waals surface area contributed by atoms with Gasteiger partial charge in [-0.05, 0) is 43.7 Å². The SMILES string of the molecule is Cc1nn(-c2ccccc2)c(C)c1NC(=O)NCc1cccc(C#N)c1. The van der Waals surface area contributed by atoms with Crippen molar-refractivity contribution in [3.8, 4) is 11.8 Å². The number of anilines is 1. The molecule has 0 fully saturated rings. The smallest absolute Gasteiger partial charge is 0.319 e. The third kappa shape index (κ3) is 3.73. The zero-order valence-corrected chi connectivity index (χ0v) is 14.7. The summed E-state index contributed by atoms with van der Waals surface area (Å²) in [5.41, 5.74) is 4.67. The summed E-state index contributed by atoms with van der Waals surface area (Å²) in [6.07, 6.45) is 0. The van der Waals surface area contributed by atoms with E-state index in [1.807, 2.05) is 50.2 Å². The van der Waals surface area contributed by atoms with Crippen LogP contribution in [0.1, 0.15) is 22.5 Å². The maximum absolute atomic E-state index is 12.3. The Balaban J connectivity index is 1.70. The minimum Gasteiger partial charge on any atom is -0.334 e. The molecule has 2 aromatic carbocycles. The lowest BCUT2D eigenvalue weighted by Gasteiger charge is -2.09. The molecule has 26 heavy (non-hydrogen) atoms. The van der Waals surface area contributed by atoms with E-state index in [1.54, 1.807) is 22.9 Å². The zero-order chi connectivity index (χ0) is 18.5. The molecule has 0 bridgehead atoms. The number of para-hydroxylation sites is 1. The van der Waals surface area contributed by atoms with E-state index in [1.165, 1.54) is 0 Å². The van der Waals surface area contributed by atoms with Crippen LogP contribution in [0.3, 0.4) is 0 Å². The van der Waals surface area contributed by atoms with Crippen LogP contribution in [0.4, 0.5) is 10.5 Å². The van der Waals surface area contributed by atoms with E-state index >= 15 is 0 Å². The Bertz CT molecular complexity index is 970. The largest absolute Gasteiger partial charge is 0.334 e. The van der Waals surface area contributed by atoms with Gasteiger partial charge in [0, 0.05) is 6.54 Å². The molecule has 130 valence electrons. The molecule has 3 aromatic rings. The van der Waals surface area contributed by atoms with Gasteiger partial charge >= 0.3 is 6.03 Å². The average Bonchev–Trinajstić information content (AvgIpc) is 2.95. The van der Waals surface area contributed by atoms with Crippen LogP contribution in [0.15, 0.2) is 54.6 Å². The standard InChI is InChI=1S/C20H19N5O/c1-14-19(15(2)25(24-14)18-9-4-3-5-10-18)23-20(26)22-13-17-8-6-7-16(11-17)12-21/h3-11H,13H2,1-2H3,(H2,22,23,26).